The molecule has 4 rings (SSSR count). The minimum atomic E-state index is -4.28. The van der Waals surface area contributed by atoms with Crippen molar-refractivity contribution < 1.29 is 23.1 Å². The average Bonchev–Trinajstić information content (AvgIpc) is 2.55. The summed E-state index contributed by atoms with van der Waals surface area (Å²) in [6.07, 6.45) is 1.64. The van der Waals surface area contributed by atoms with Gasteiger partial charge in [0, 0.05) is 12.6 Å². The summed E-state index contributed by atoms with van der Waals surface area (Å²) >= 11 is 0. The van der Waals surface area contributed by atoms with Crippen LogP contribution < -0.4 is 5.32 Å². The zero-order valence-electron chi connectivity index (χ0n) is 13.3. The van der Waals surface area contributed by atoms with Gasteiger partial charge < -0.3 is 10.4 Å². The van der Waals surface area contributed by atoms with Gasteiger partial charge in [-0.3, -0.25) is 4.79 Å². The Kier molecular flexibility index (Phi) is 4.90. The van der Waals surface area contributed by atoms with Crippen LogP contribution in [-0.2, 0) is 4.79 Å². The lowest BCUT2D eigenvalue weighted by Crippen LogP contribution is -2.54. The monoisotopic (exact) mass is 333 g/mol. The van der Waals surface area contributed by atoms with Gasteiger partial charge in [-0.15, -0.1) is 0 Å². The van der Waals surface area contributed by atoms with Gasteiger partial charge in [-0.05, 0) is 69.1 Å². The van der Waals surface area contributed by atoms with Gasteiger partial charge in [-0.25, -0.2) is 0 Å². The Bertz CT molecular complexity index is 424. The first-order valence-electron chi connectivity index (χ1n) is 8.88. The van der Waals surface area contributed by atoms with Gasteiger partial charge in [0.05, 0.1) is 11.8 Å². The van der Waals surface area contributed by atoms with Crippen LogP contribution in [0.5, 0.6) is 0 Å². The summed E-state index contributed by atoms with van der Waals surface area (Å²) in [5.41, 5.74) is 0. The standard InChI is InChI=1S/C17H26F3NO2/c18-17(19,20)15-12-5-3-11(4-6-12)14(15)16(23)21-13-7-1-10(9-22)2-8-13/h10-15,22H,1-9H2,(H,21,23)/t10?,11?,12?,13?,14-,15-/m0/s1. The molecule has 4 saturated carbocycles. The van der Waals surface area contributed by atoms with Crippen molar-refractivity contribution in [2.45, 2.75) is 63.6 Å². The number of hydrogen-bond donors (Lipinski definition) is 2. The van der Waals surface area contributed by atoms with Gasteiger partial charge in [-0.1, -0.05) is 0 Å². The number of amides is 1. The van der Waals surface area contributed by atoms with Gasteiger partial charge in [0.2, 0.25) is 5.91 Å². The Morgan fingerprint density at radius 3 is 2.04 bits per heavy atom. The summed E-state index contributed by atoms with van der Waals surface area (Å²) in [7, 11) is 0. The molecule has 0 aromatic heterocycles. The molecule has 6 heteroatoms. The number of carbonyl (C=O) groups is 1. The number of rotatable bonds is 3. The lowest BCUT2D eigenvalue weighted by Gasteiger charge is -2.48. The molecular weight excluding hydrogens is 307 g/mol. The van der Waals surface area contributed by atoms with E-state index in [1.807, 2.05) is 0 Å². The van der Waals surface area contributed by atoms with Gasteiger partial charge >= 0.3 is 6.18 Å². The highest BCUT2D eigenvalue weighted by Gasteiger charge is 2.58. The molecule has 4 aliphatic carbocycles. The summed E-state index contributed by atoms with van der Waals surface area (Å²) < 4.78 is 40.4. The highest BCUT2D eigenvalue weighted by atomic mass is 19.4. The smallest absolute Gasteiger partial charge is 0.392 e. The van der Waals surface area contributed by atoms with Crippen molar-refractivity contribution in [3.63, 3.8) is 0 Å². The molecule has 0 aromatic rings. The Balaban J connectivity index is 1.65. The molecule has 0 spiro atoms. The second kappa shape index (κ2) is 6.61. The van der Waals surface area contributed by atoms with E-state index in [0.29, 0.717) is 12.8 Å². The molecule has 0 saturated heterocycles. The number of nitrogens with one attached hydrogen (secondary N) is 1. The lowest BCUT2D eigenvalue weighted by molar-refractivity contribution is -0.229. The van der Waals surface area contributed by atoms with E-state index in [-0.39, 0.29) is 36.3 Å². The maximum absolute atomic E-state index is 13.5. The van der Waals surface area contributed by atoms with Crippen LogP contribution in [-0.4, -0.2) is 29.8 Å². The highest BCUT2D eigenvalue weighted by Crippen LogP contribution is 2.54. The van der Waals surface area contributed by atoms with Crippen molar-refractivity contribution in [2.75, 3.05) is 6.61 Å². The maximum Gasteiger partial charge on any atom is 0.392 e. The second-order valence-corrected chi connectivity index (χ2v) is 7.68. The Labute approximate surface area is 135 Å². The molecular formula is C17H26F3NO2. The first-order chi connectivity index (χ1) is 10.9. The van der Waals surface area contributed by atoms with Crippen LogP contribution in [0.2, 0.25) is 0 Å². The highest BCUT2D eigenvalue weighted by molar-refractivity contribution is 5.80. The summed E-state index contributed by atoms with van der Waals surface area (Å²) in [5.74, 6) is -2.94. The van der Waals surface area contributed by atoms with Crippen molar-refractivity contribution >= 4 is 5.91 Å². The number of fused-ring (bicyclic) bond motifs is 3. The van der Waals surface area contributed by atoms with Crippen molar-refractivity contribution in [3.8, 4) is 0 Å². The van der Waals surface area contributed by atoms with Crippen LogP contribution >= 0.6 is 0 Å². The van der Waals surface area contributed by atoms with Crippen molar-refractivity contribution in [3.05, 3.63) is 0 Å². The summed E-state index contributed by atoms with van der Waals surface area (Å²) in [6.45, 7) is 0.156. The summed E-state index contributed by atoms with van der Waals surface area (Å²) in [5, 5.41) is 12.0. The molecule has 2 N–H and O–H groups in total. The molecule has 0 aromatic carbocycles. The zero-order valence-corrected chi connectivity index (χ0v) is 13.3. The molecule has 132 valence electrons. The Morgan fingerprint density at radius 1 is 0.957 bits per heavy atom. The van der Waals surface area contributed by atoms with Crippen molar-refractivity contribution in [2.24, 2.45) is 29.6 Å². The molecule has 4 aliphatic rings. The average molecular weight is 333 g/mol. The Morgan fingerprint density at radius 2 is 1.52 bits per heavy atom. The summed E-state index contributed by atoms with van der Waals surface area (Å²) in [4.78, 5) is 12.6. The quantitative estimate of drug-likeness (QED) is 0.833. The maximum atomic E-state index is 13.5. The third-order valence-corrected chi connectivity index (χ3v) is 6.35. The number of halogens is 3. The minimum absolute atomic E-state index is 0.0281. The molecule has 4 fully saturated rings. The predicted molar refractivity (Wildman–Crippen MR) is 79.5 cm³/mol. The minimum Gasteiger partial charge on any atom is -0.396 e. The third-order valence-electron chi connectivity index (χ3n) is 6.35. The number of carbonyl (C=O) groups excluding carboxylic acids is 1. The molecule has 3 nitrogen and oxygen atoms in total. The fourth-order valence-electron chi connectivity index (χ4n) is 5.08. The van der Waals surface area contributed by atoms with E-state index in [2.05, 4.69) is 5.32 Å². The number of aliphatic hydroxyl groups excluding tert-OH is 1. The van der Waals surface area contributed by atoms with E-state index < -0.39 is 18.0 Å². The second-order valence-electron chi connectivity index (χ2n) is 7.68. The number of alkyl halides is 3. The van der Waals surface area contributed by atoms with E-state index in [1.54, 1.807) is 0 Å². The van der Waals surface area contributed by atoms with Crippen LogP contribution in [0.15, 0.2) is 0 Å². The van der Waals surface area contributed by atoms with Crippen LogP contribution in [0.4, 0.5) is 13.2 Å². The fraction of sp³-hybridized carbons (Fsp3) is 0.941. The van der Waals surface area contributed by atoms with Crippen LogP contribution in [0.25, 0.3) is 0 Å². The van der Waals surface area contributed by atoms with E-state index in [4.69, 9.17) is 5.11 Å². The molecule has 0 heterocycles. The van der Waals surface area contributed by atoms with E-state index in [1.165, 1.54) is 0 Å². The first kappa shape index (κ1) is 17.1. The number of aliphatic hydroxyl groups is 1. The molecule has 2 bridgehead atoms. The molecule has 0 radical (unpaired) electrons. The predicted octanol–water partition coefficient (Wildman–Crippen LogP) is 3.27. The van der Waals surface area contributed by atoms with E-state index in [0.717, 1.165) is 38.5 Å². The normalized spacial score (nSPS) is 40.9. The van der Waals surface area contributed by atoms with Crippen LogP contribution in [0, 0.1) is 29.6 Å². The van der Waals surface area contributed by atoms with E-state index in [9.17, 15) is 18.0 Å². The topological polar surface area (TPSA) is 49.3 Å². The van der Waals surface area contributed by atoms with E-state index >= 15 is 0 Å². The van der Waals surface area contributed by atoms with Crippen LogP contribution in [0.3, 0.4) is 0 Å². The lowest BCUT2D eigenvalue weighted by atomic mass is 9.58. The SMILES string of the molecule is O=C(NC1CCC(CO)CC1)[C@H]1C2CCC(CC2)[C@@H]1C(F)(F)F. The molecule has 2 atom stereocenters. The molecule has 0 aliphatic heterocycles. The van der Waals surface area contributed by atoms with Gasteiger partial charge in [-0.2, -0.15) is 13.2 Å². The van der Waals surface area contributed by atoms with Crippen molar-refractivity contribution in [1.29, 1.82) is 0 Å². The van der Waals surface area contributed by atoms with Gasteiger partial charge in [0.25, 0.3) is 0 Å². The third kappa shape index (κ3) is 3.52. The molecule has 0 unspecified atom stereocenters. The van der Waals surface area contributed by atoms with Gasteiger partial charge in [0.15, 0.2) is 0 Å². The number of hydrogen-bond acceptors (Lipinski definition) is 2. The molecule has 23 heavy (non-hydrogen) atoms. The fourth-order valence-corrected chi connectivity index (χ4v) is 5.08. The zero-order chi connectivity index (χ0) is 16.6. The summed E-state index contributed by atoms with van der Waals surface area (Å²) in [6, 6.07) is -0.0281. The molecule has 1 amide bonds. The largest absolute Gasteiger partial charge is 0.396 e. The first-order valence-corrected chi connectivity index (χ1v) is 8.88. The Hall–Kier alpha value is -0.780. The van der Waals surface area contributed by atoms with Crippen molar-refractivity contribution in [1.82, 2.24) is 5.32 Å². The van der Waals surface area contributed by atoms with Gasteiger partial charge in [0.1, 0.15) is 0 Å². The van der Waals surface area contributed by atoms with Crippen LogP contribution in [0.1, 0.15) is 51.4 Å².